The predicted molar refractivity (Wildman–Crippen MR) is 56.7 cm³/mol. The Balaban J connectivity index is 2.33. The van der Waals surface area contributed by atoms with Crippen LogP contribution in [0.4, 0.5) is 13.2 Å². The van der Waals surface area contributed by atoms with Gasteiger partial charge in [0.2, 0.25) is 6.10 Å². The van der Waals surface area contributed by atoms with Crippen molar-refractivity contribution < 1.29 is 22.8 Å². The van der Waals surface area contributed by atoms with Crippen molar-refractivity contribution >= 4 is 11.7 Å². The molecule has 18 heavy (non-hydrogen) atoms. The molecule has 0 aliphatic carbocycles. The van der Waals surface area contributed by atoms with Gasteiger partial charge in [-0.1, -0.05) is 17.3 Å². The zero-order valence-corrected chi connectivity index (χ0v) is 9.28. The summed E-state index contributed by atoms with van der Waals surface area (Å²) in [5.74, 6) is -0.471. The molecule has 0 aromatic heterocycles. The van der Waals surface area contributed by atoms with E-state index in [1.807, 2.05) is 0 Å². The third kappa shape index (κ3) is 2.44. The number of oxime groups is 1. The Morgan fingerprint density at radius 3 is 2.72 bits per heavy atom. The lowest BCUT2D eigenvalue weighted by atomic mass is 10.1. The van der Waals surface area contributed by atoms with E-state index in [4.69, 9.17) is 4.84 Å². The number of amidine groups is 1. The topological polar surface area (TPSA) is 50.7 Å². The minimum atomic E-state index is -4.44. The van der Waals surface area contributed by atoms with E-state index in [0.717, 1.165) is 12.1 Å². The van der Waals surface area contributed by atoms with Crippen LogP contribution in [-0.4, -0.2) is 17.8 Å². The predicted octanol–water partition coefficient (Wildman–Crippen LogP) is 1.90. The molecule has 1 heterocycles. The van der Waals surface area contributed by atoms with Gasteiger partial charge in [-0.15, -0.1) is 0 Å². The van der Waals surface area contributed by atoms with E-state index in [1.165, 1.54) is 19.1 Å². The molecule has 1 aromatic carbocycles. The highest BCUT2D eigenvalue weighted by molar-refractivity contribution is 6.09. The Morgan fingerprint density at radius 2 is 2.11 bits per heavy atom. The molecule has 0 saturated heterocycles. The molecule has 4 nitrogen and oxygen atoms in total. The summed E-state index contributed by atoms with van der Waals surface area (Å²) < 4.78 is 37.5. The molecule has 7 heteroatoms. The fraction of sp³-hybridized carbons (Fsp3) is 0.273. The first kappa shape index (κ1) is 12.4. The Bertz CT molecular complexity index is 511. The van der Waals surface area contributed by atoms with Crippen LogP contribution in [-0.2, 0) is 15.8 Å². The van der Waals surface area contributed by atoms with Gasteiger partial charge in [-0.2, -0.15) is 13.2 Å². The summed E-state index contributed by atoms with van der Waals surface area (Å²) in [6.07, 6.45) is -5.19. The molecule has 0 radical (unpaired) electrons. The van der Waals surface area contributed by atoms with Crippen LogP contribution in [0.1, 0.15) is 18.1 Å². The highest BCUT2D eigenvalue weighted by Crippen LogP contribution is 2.29. The van der Waals surface area contributed by atoms with Crippen LogP contribution in [0.5, 0.6) is 0 Å². The number of nitrogens with zero attached hydrogens (tertiary/aromatic N) is 1. The second-order valence-electron chi connectivity index (χ2n) is 3.76. The average molecular weight is 258 g/mol. The second-order valence-corrected chi connectivity index (χ2v) is 3.76. The van der Waals surface area contributed by atoms with Crippen LogP contribution >= 0.6 is 0 Å². The Morgan fingerprint density at radius 1 is 1.39 bits per heavy atom. The summed E-state index contributed by atoms with van der Waals surface area (Å²) in [5.41, 5.74) is -0.666. The van der Waals surface area contributed by atoms with E-state index < -0.39 is 23.8 Å². The molecule has 2 rings (SSSR count). The monoisotopic (exact) mass is 258 g/mol. The molecule has 0 fully saturated rings. The van der Waals surface area contributed by atoms with Crippen molar-refractivity contribution in [3.8, 4) is 0 Å². The summed E-state index contributed by atoms with van der Waals surface area (Å²) in [5, 5.41) is 5.95. The number of alkyl halides is 3. The largest absolute Gasteiger partial charge is 0.416 e. The van der Waals surface area contributed by atoms with Gasteiger partial charge in [-0.25, -0.2) is 0 Å². The summed E-state index contributed by atoms with van der Waals surface area (Å²) >= 11 is 0. The fourth-order valence-corrected chi connectivity index (χ4v) is 1.39. The molecule has 1 N–H and O–H groups in total. The molecular formula is C11H9F3N2O2. The number of nitrogens with one attached hydrogen (secondary N) is 1. The molecule has 1 aliphatic heterocycles. The van der Waals surface area contributed by atoms with Gasteiger partial charge >= 0.3 is 6.18 Å². The molecule has 0 saturated carbocycles. The quantitative estimate of drug-likeness (QED) is 0.836. The fourth-order valence-electron chi connectivity index (χ4n) is 1.39. The van der Waals surface area contributed by atoms with Crippen molar-refractivity contribution in [3.63, 3.8) is 0 Å². The average Bonchev–Trinajstić information content (AvgIpc) is 2.32. The minimum Gasteiger partial charge on any atom is -0.381 e. The molecule has 96 valence electrons. The van der Waals surface area contributed by atoms with E-state index in [1.54, 1.807) is 0 Å². The maximum atomic E-state index is 12.5. The standard InChI is InChI=1S/C11H9F3N2O2/c1-6-10(17)15-9(16-18-6)7-3-2-4-8(5-7)11(12,13)14/h2-6H,1H3,(H,15,16,17). The van der Waals surface area contributed by atoms with Gasteiger partial charge in [0.15, 0.2) is 5.84 Å². The van der Waals surface area contributed by atoms with Crippen molar-refractivity contribution in [1.29, 1.82) is 0 Å². The smallest absolute Gasteiger partial charge is 0.381 e. The van der Waals surface area contributed by atoms with E-state index in [-0.39, 0.29) is 11.4 Å². The van der Waals surface area contributed by atoms with Crippen LogP contribution in [0, 0.1) is 0 Å². The van der Waals surface area contributed by atoms with Crippen molar-refractivity contribution in [2.75, 3.05) is 0 Å². The van der Waals surface area contributed by atoms with Crippen LogP contribution in [0.15, 0.2) is 29.4 Å². The van der Waals surface area contributed by atoms with Gasteiger partial charge in [0.05, 0.1) is 5.56 Å². The minimum absolute atomic E-state index is 0.0239. The summed E-state index contributed by atoms with van der Waals surface area (Å²) in [6, 6.07) is 4.50. The maximum absolute atomic E-state index is 12.5. The molecule has 1 aliphatic rings. The Hall–Kier alpha value is -2.05. The van der Waals surface area contributed by atoms with Crippen LogP contribution in [0.25, 0.3) is 0 Å². The number of benzene rings is 1. The lowest BCUT2D eigenvalue weighted by molar-refractivity contribution is -0.137. The Labute approximate surface area is 100 Å². The van der Waals surface area contributed by atoms with Crippen molar-refractivity contribution in [3.05, 3.63) is 35.4 Å². The number of carbonyl (C=O) groups excluding carboxylic acids is 1. The normalized spacial score (nSPS) is 19.9. The van der Waals surface area contributed by atoms with Crippen LogP contribution < -0.4 is 5.32 Å². The van der Waals surface area contributed by atoms with Crippen molar-refractivity contribution in [2.45, 2.75) is 19.2 Å². The molecule has 0 spiro atoms. The molecular weight excluding hydrogens is 249 g/mol. The third-order valence-electron chi connectivity index (χ3n) is 2.38. The number of hydrogen-bond acceptors (Lipinski definition) is 3. The molecule has 1 aromatic rings. The zero-order chi connectivity index (χ0) is 13.3. The van der Waals surface area contributed by atoms with E-state index in [0.29, 0.717) is 0 Å². The molecule has 0 bridgehead atoms. The summed E-state index contributed by atoms with van der Waals surface area (Å²) in [4.78, 5) is 16.1. The van der Waals surface area contributed by atoms with Crippen molar-refractivity contribution in [2.24, 2.45) is 5.16 Å². The highest BCUT2D eigenvalue weighted by atomic mass is 19.4. The lowest BCUT2D eigenvalue weighted by Gasteiger charge is -2.18. The van der Waals surface area contributed by atoms with Gasteiger partial charge < -0.3 is 10.2 Å². The first-order chi connectivity index (χ1) is 8.38. The lowest BCUT2D eigenvalue weighted by Crippen LogP contribution is -2.42. The molecule has 1 atom stereocenters. The van der Waals surface area contributed by atoms with Gasteiger partial charge in [0.1, 0.15) is 0 Å². The zero-order valence-electron chi connectivity index (χ0n) is 9.28. The molecule has 1 unspecified atom stereocenters. The van der Waals surface area contributed by atoms with Crippen LogP contribution in [0.2, 0.25) is 0 Å². The third-order valence-corrected chi connectivity index (χ3v) is 2.38. The van der Waals surface area contributed by atoms with Gasteiger partial charge in [0, 0.05) is 5.56 Å². The maximum Gasteiger partial charge on any atom is 0.416 e. The number of amides is 1. The second kappa shape index (κ2) is 4.32. The van der Waals surface area contributed by atoms with E-state index >= 15 is 0 Å². The van der Waals surface area contributed by atoms with Crippen LogP contribution in [0.3, 0.4) is 0 Å². The SMILES string of the molecule is CC1ON=C(c2cccc(C(F)(F)F)c2)NC1=O. The van der Waals surface area contributed by atoms with E-state index in [9.17, 15) is 18.0 Å². The van der Waals surface area contributed by atoms with Gasteiger partial charge in [-0.3, -0.25) is 4.79 Å². The summed E-state index contributed by atoms with van der Waals surface area (Å²) in [6.45, 7) is 1.49. The van der Waals surface area contributed by atoms with Gasteiger partial charge in [-0.05, 0) is 19.1 Å². The number of rotatable bonds is 1. The first-order valence-corrected chi connectivity index (χ1v) is 5.10. The molecule has 1 amide bonds. The van der Waals surface area contributed by atoms with Crippen molar-refractivity contribution in [1.82, 2.24) is 5.32 Å². The number of halogens is 3. The Kier molecular flexibility index (Phi) is 2.98. The summed E-state index contributed by atoms with van der Waals surface area (Å²) in [7, 11) is 0. The number of carbonyl (C=O) groups is 1. The first-order valence-electron chi connectivity index (χ1n) is 5.10. The van der Waals surface area contributed by atoms with Gasteiger partial charge in [0.25, 0.3) is 5.91 Å². The number of hydrogen-bond donors (Lipinski definition) is 1. The highest BCUT2D eigenvalue weighted by Gasteiger charge is 2.31. The van der Waals surface area contributed by atoms with E-state index in [2.05, 4.69) is 10.5 Å².